The van der Waals surface area contributed by atoms with E-state index >= 15 is 0 Å². The second-order valence-electron chi connectivity index (χ2n) is 12.8. The van der Waals surface area contributed by atoms with Gasteiger partial charge in [0.05, 0.1) is 6.10 Å². The molecule has 1 aliphatic rings. The highest BCUT2D eigenvalue weighted by molar-refractivity contribution is 5.90. The van der Waals surface area contributed by atoms with Crippen molar-refractivity contribution in [2.45, 2.75) is 161 Å². The lowest BCUT2D eigenvalue weighted by Crippen LogP contribution is -2.31. The van der Waals surface area contributed by atoms with Crippen LogP contribution in [0.4, 0.5) is 0 Å². The van der Waals surface area contributed by atoms with Crippen molar-refractivity contribution in [1.29, 1.82) is 0 Å². The highest BCUT2D eigenvalue weighted by atomic mass is 35.5. The van der Waals surface area contributed by atoms with Gasteiger partial charge in [-0.25, -0.2) is 0 Å². The molecule has 1 aliphatic carbocycles. The highest BCUT2D eigenvalue weighted by Gasteiger charge is 2.20. The van der Waals surface area contributed by atoms with Crippen molar-refractivity contribution in [2.75, 3.05) is 19.6 Å². The number of aliphatic hydroxyl groups excluding tert-OH is 1. The van der Waals surface area contributed by atoms with Crippen molar-refractivity contribution >= 4 is 23.2 Å². The zero-order valence-corrected chi connectivity index (χ0v) is 27.8. The van der Waals surface area contributed by atoms with Gasteiger partial charge in [-0.3, -0.25) is 0 Å². The minimum atomic E-state index is -0.408. The van der Waals surface area contributed by atoms with E-state index in [1.165, 1.54) is 163 Å². The van der Waals surface area contributed by atoms with E-state index in [0.29, 0.717) is 0 Å². The first-order valence-electron chi connectivity index (χ1n) is 17.7. The zero-order valence-electron chi connectivity index (χ0n) is 26.9. The molecule has 0 heterocycles. The van der Waals surface area contributed by atoms with E-state index in [-0.39, 0.29) is 12.4 Å². The van der Waals surface area contributed by atoms with Gasteiger partial charge in [0.1, 0.15) is 0 Å². The fraction of sp³-hybridized carbons (Fsp3) is 0.737. The second-order valence-corrected chi connectivity index (χ2v) is 12.8. The Labute approximate surface area is 260 Å². The Kier molecular flexibility index (Phi) is 19.8. The molecule has 1 N–H and O–H groups in total. The molecule has 0 spiro atoms. The molecule has 0 saturated heterocycles. The molecule has 3 heteroatoms. The Hall–Kier alpha value is -1.09. The summed E-state index contributed by atoms with van der Waals surface area (Å²) in [4.78, 5) is 2.60. The Bertz CT molecular complexity index is 906. The molecule has 2 aromatic rings. The Balaban J connectivity index is 0.00000588. The molecular weight excluding hydrogens is 522 g/mol. The number of aliphatic hydroxyl groups is 1. The summed E-state index contributed by atoms with van der Waals surface area (Å²) in [6.45, 7) is 7.63. The van der Waals surface area contributed by atoms with Crippen LogP contribution in [-0.2, 0) is 12.8 Å². The van der Waals surface area contributed by atoms with Crippen molar-refractivity contribution in [2.24, 2.45) is 0 Å². The molecule has 234 valence electrons. The van der Waals surface area contributed by atoms with Gasteiger partial charge in [0.15, 0.2) is 0 Å². The van der Waals surface area contributed by atoms with Crippen molar-refractivity contribution < 1.29 is 5.11 Å². The van der Waals surface area contributed by atoms with Crippen LogP contribution in [0.5, 0.6) is 0 Å². The quantitative estimate of drug-likeness (QED) is 0.131. The largest absolute Gasteiger partial charge is 0.387 e. The topological polar surface area (TPSA) is 23.5 Å². The van der Waals surface area contributed by atoms with Crippen LogP contribution in [0.15, 0.2) is 30.3 Å². The van der Waals surface area contributed by atoms with Gasteiger partial charge in [0.2, 0.25) is 0 Å². The lowest BCUT2D eigenvalue weighted by molar-refractivity contribution is 0.111. The second kappa shape index (κ2) is 22.4. The van der Waals surface area contributed by atoms with Crippen LogP contribution in [0, 0.1) is 0 Å². The molecule has 0 amide bonds. The third-order valence-electron chi connectivity index (χ3n) is 9.35. The van der Waals surface area contributed by atoms with Crippen molar-refractivity contribution in [3.8, 4) is 0 Å². The van der Waals surface area contributed by atoms with Gasteiger partial charge in [0.25, 0.3) is 0 Å². The number of hydrogen-bond acceptors (Lipinski definition) is 2. The summed E-state index contributed by atoms with van der Waals surface area (Å²) < 4.78 is 0. The average Bonchev–Trinajstić information content (AvgIpc) is 2.98. The standard InChI is InChI=1S/C38H63NO.ClH/c1-3-5-7-9-11-13-15-17-23-29-39(30-24-18-16-14-12-10-8-6-4-2)32-38(40)37-31-33-25-19-20-26-34(33)35-27-21-22-28-36(35)37;/h21-22,27-28,31,38,40H,3-20,23-26,29-30,32H2,1-2H3;1H. The maximum atomic E-state index is 11.6. The molecular formula is C38H64ClNO. The van der Waals surface area contributed by atoms with E-state index < -0.39 is 6.10 Å². The lowest BCUT2D eigenvalue weighted by Gasteiger charge is -2.27. The SMILES string of the molecule is CCCCCCCCCCCN(CCCCCCCCCCC)CC(O)c1cc2c(c3ccccc13)CCCC2.Cl. The minimum Gasteiger partial charge on any atom is -0.387 e. The predicted molar refractivity (Wildman–Crippen MR) is 184 cm³/mol. The molecule has 2 nitrogen and oxygen atoms in total. The van der Waals surface area contributed by atoms with E-state index in [4.69, 9.17) is 0 Å². The minimum absolute atomic E-state index is 0. The molecule has 0 aromatic heterocycles. The number of rotatable bonds is 23. The number of fused-ring (bicyclic) bond motifs is 3. The highest BCUT2D eigenvalue weighted by Crippen LogP contribution is 2.34. The van der Waals surface area contributed by atoms with Gasteiger partial charge in [-0.15, -0.1) is 12.4 Å². The number of hydrogen-bond donors (Lipinski definition) is 1. The van der Waals surface area contributed by atoms with E-state index in [2.05, 4.69) is 49.1 Å². The van der Waals surface area contributed by atoms with Gasteiger partial charge in [-0.05, 0) is 79.1 Å². The molecule has 0 radical (unpaired) electrons. The summed E-state index contributed by atoms with van der Waals surface area (Å²) >= 11 is 0. The third kappa shape index (κ3) is 13.4. The van der Waals surface area contributed by atoms with Crippen LogP contribution in [0.25, 0.3) is 10.8 Å². The summed E-state index contributed by atoms with van der Waals surface area (Å²) in [6, 6.07) is 11.2. The monoisotopic (exact) mass is 585 g/mol. The van der Waals surface area contributed by atoms with Crippen LogP contribution in [0.1, 0.15) is 165 Å². The molecule has 0 fully saturated rings. The zero-order chi connectivity index (χ0) is 28.3. The van der Waals surface area contributed by atoms with Gasteiger partial charge in [0, 0.05) is 6.54 Å². The molecule has 1 atom stereocenters. The summed E-state index contributed by atoms with van der Waals surface area (Å²) in [5.41, 5.74) is 4.20. The first kappa shape index (κ1) is 36.1. The summed E-state index contributed by atoms with van der Waals surface area (Å²) in [5, 5.41) is 14.3. The Morgan fingerprint density at radius 1 is 0.634 bits per heavy atom. The maximum Gasteiger partial charge on any atom is 0.0923 e. The number of nitrogens with zero attached hydrogens (tertiary/aromatic N) is 1. The average molecular weight is 586 g/mol. The Morgan fingerprint density at radius 3 is 1.63 bits per heavy atom. The number of halogens is 1. The molecule has 41 heavy (non-hydrogen) atoms. The van der Waals surface area contributed by atoms with Crippen LogP contribution in [0.2, 0.25) is 0 Å². The summed E-state index contributed by atoms with van der Waals surface area (Å²) in [7, 11) is 0. The Morgan fingerprint density at radius 2 is 1.10 bits per heavy atom. The van der Waals surface area contributed by atoms with E-state index in [1.807, 2.05) is 0 Å². The number of benzene rings is 2. The van der Waals surface area contributed by atoms with Gasteiger partial charge < -0.3 is 10.0 Å². The first-order valence-corrected chi connectivity index (χ1v) is 17.7. The van der Waals surface area contributed by atoms with Gasteiger partial charge in [-0.2, -0.15) is 0 Å². The van der Waals surface area contributed by atoms with E-state index in [0.717, 1.165) is 19.6 Å². The van der Waals surface area contributed by atoms with Crippen molar-refractivity contribution in [1.82, 2.24) is 4.90 Å². The normalized spacial score (nSPS) is 13.9. The van der Waals surface area contributed by atoms with E-state index in [9.17, 15) is 5.11 Å². The van der Waals surface area contributed by atoms with Crippen LogP contribution in [0.3, 0.4) is 0 Å². The molecule has 0 bridgehead atoms. The molecule has 0 aliphatic heterocycles. The maximum absolute atomic E-state index is 11.6. The number of unbranched alkanes of at least 4 members (excludes halogenated alkanes) is 16. The fourth-order valence-electron chi connectivity index (χ4n) is 6.86. The van der Waals surface area contributed by atoms with Crippen molar-refractivity contribution in [3.05, 3.63) is 47.0 Å². The van der Waals surface area contributed by atoms with E-state index in [1.54, 1.807) is 5.56 Å². The lowest BCUT2D eigenvalue weighted by atomic mass is 9.84. The summed E-state index contributed by atoms with van der Waals surface area (Å²) in [5.74, 6) is 0. The molecule has 0 saturated carbocycles. The molecule has 1 unspecified atom stereocenters. The summed E-state index contributed by atoms with van der Waals surface area (Å²) in [6.07, 6.45) is 29.2. The molecule has 2 aromatic carbocycles. The van der Waals surface area contributed by atoms with Crippen molar-refractivity contribution in [3.63, 3.8) is 0 Å². The fourth-order valence-corrected chi connectivity index (χ4v) is 6.86. The smallest absolute Gasteiger partial charge is 0.0923 e. The van der Waals surface area contributed by atoms with Crippen LogP contribution in [-0.4, -0.2) is 29.6 Å². The third-order valence-corrected chi connectivity index (χ3v) is 9.35. The predicted octanol–water partition coefficient (Wildman–Crippen LogP) is 11.5. The first-order chi connectivity index (χ1) is 19.7. The van der Waals surface area contributed by atoms with Gasteiger partial charge >= 0.3 is 0 Å². The van der Waals surface area contributed by atoms with Crippen LogP contribution < -0.4 is 0 Å². The van der Waals surface area contributed by atoms with Gasteiger partial charge in [-0.1, -0.05) is 147 Å². The molecule has 3 rings (SSSR count). The van der Waals surface area contributed by atoms with Crippen LogP contribution >= 0.6 is 12.4 Å². The number of aryl methyl sites for hydroxylation is 2.